The Kier molecular flexibility index (Phi) is 4.00. The molecule has 0 fully saturated rings. The number of benzene rings is 2. The Balaban J connectivity index is 2.46. The fraction of sp³-hybridized carbons (Fsp3) is 0.250. The first-order valence-electron chi connectivity index (χ1n) is 6.24. The first-order valence-corrected chi connectivity index (χ1v) is 6.24. The second-order valence-electron chi connectivity index (χ2n) is 4.38. The summed E-state index contributed by atoms with van der Waals surface area (Å²) in [5, 5.41) is 19.4. The van der Waals surface area contributed by atoms with E-state index in [2.05, 4.69) is 19.1 Å². The predicted octanol–water partition coefficient (Wildman–Crippen LogP) is 3.43. The van der Waals surface area contributed by atoms with Gasteiger partial charge in [-0.25, -0.2) is 0 Å². The lowest BCUT2D eigenvalue weighted by Crippen LogP contribution is -2.01. The molecule has 0 unspecified atom stereocenters. The molecule has 0 aliphatic heterocycles. The minimum absolute atomic E-state index is 0.134. The van der Waals surface area contributed by atoms with E-state index in [1.807, 2.05) is 30.3 Å². The largest absolute Gasteiger partial charge is 0.507 e. The van der Waals surface area contributed by atoms with Crippen LogP contribution in [0.25, 0.3) is 0 Å². The van der Waals surface area contributed by atoms with Gasteiger partial charge in [0.05, 0.1) is 6.61 Å². The molecule has 2 N–H and O–H groups in total. The van der Waals surface area contributed by atoms with Crippen molar-refractivity contribution in [3.8, 4) is 5.75 Å². The lowest BCUT2D eigenvalue weighted by atomic mass is 9.87. The smallest absolute Gasteiger partial charge is 0.124 e. The molecule has 0 heterocycles. The van der Waals surface area contributed by atoms with Crippen LogP contribution in [0.2, 0.25) is 0 Å². The molecule has 0 aliphatic rings. The fourth-order valence-corrected chi connectivity index (χ4v) is 2.34. The first-order chi connectivity index (χ1) is 8.77. The highest BCUT2D eigenvalue weighted by atomic mass is 16.3. The zero-order valence-corrected chi connectivity index (χ0v) is 10.5. The Hall–Kier alpha value is -1.80. The number of rotatable bonds is 4. The number of aliphatic hydroxyl groups is 1. The van der Waals surface area contributed by atoms with Crippen LogP contribution in [-0.2, 0) is 6.61 Å². The molecule has 2 heteroatoms. The molecule has 94 valence electrons. The third-order valence-electron chi connectivity index (χ3n) is 3.31. The van der Waals surface area contributed by atoms with Crippen molar-refractivity contribution < 1.29 is 10.2 Å². The van der Waals surface area contributed by atoms with E-state index in [1.54, 1.807) is 6.07 Å². The van der Waals surface area contributed by atoms with E-state index >= 15 is 0 Å². The minimum atomic E-state index is -0.134. The van der Waals surface area contributed by atoms with Gasteiger partial charge in [-0.2, -0.15) is 0 Å². The molecule has 0 bridgehead atoms. The Morgan fingerprint density at radius 2 is 1.72 bits per heavy atom. The van der Waals surface area contributed by atoms with Crippen LogP contribution in [0.1, 0.15) is 36.0 Å². The highest BCUT2D eigenvalue weighted by Crippen LogP contribution is 2.35. The van der Waals surface area contributed by atoms with Gasteiger partial charge in [-0.3, -0.25) is 0 Å². The van der Waals surface area contributed by atoms with E-state index in [0.29, 0.717) is 5.56 Å². The third kappa shape index (κ3) is 2.39. The predicted molar refractivity (Wildman–Crippen MR) is 72.6 cm³/mol. The summed E-state index contributed by atoms with van der Waals surface area (Å²) in [6, 6.07) is 15.7. The van der Waals surface area contributed by atoms with Crippen molar-refractivity contribution >= 4 is 0 Å². The van der Waals surface area contributed by atoms with Gasteiger partial charge in [0, 0.05) is 17.0 Å². The molecule has 1 atom stereocenters. The highest BCUT2D eigenvalue weighted by Gasteiger charge is 2.17. The van der Waals surface area contributed by atoms with Crippen molar-refractivity contribution in [3.63, 3.8) is 0 Å². The van der Waals surface area contributed by atoms with Crippen molar-refractivity contribution in [2.75, 3.05) is 0 Å². The summed E-state index contributed by atoms with van der Waals surface area (Å²) in [6.07, 6.45) is 0.909. The van der Waals surface area contributed by atoms with Crippen LogP contribution in [0.3, 0.4) is 0 Å². The number of hydrogen-bond donors (Lipinski definition) is 2. The van der Waals surface area contributed by atoms with Crippen LogP contribution >= 0.6 is 0 Å². The number of aliphatic hydroxyl groups excluding tert-OH is 1. The van der Waals surface area contributed by atoms with Crippen molar-refractivity contribution in [2.45, 2.75) is 25.9 Å². The zero-order valence-electron chi connectivity index (χ0n) is 10.5. The number of para-hydroxylation sites is 1. The Labute approximate surface area is 108 Å². The van der Waals surface area contributed by atoms with Crippen LogP contribution in [0.5, 0.6) is 5.75 Å². The zero-order chi connectivity index (χ0) is 13.0. The topological polar surface area (TPSA) is 40.5 Å². The maximum absolute atomic E-state index is 10.2. The van der Waals surface area contributed by atoms with Gasteiger partial charge < -0.3 is 10.2 Å². The molecule has 0 aromatic heterocycles. The number of hydrogen-bond acceptors (Lipinski definition) is 2. The fourth-order valence-electron chi connectivity index (χ4n) is 2.34. The second-order valence-corrected chi connectivity index (χ2v) is 4.38. The summed E-state index contributed by atoms with van der Waals surface area (Å²) < 4.78 is 0. The summed E-state index contributed by atoms with van der Waals surface area (Å²) >= 11 is 0. The van der Waals surface area contributed by atoms with Gasteiger partial charge in [0.25, 0.3) is 0 Å². The van der Waals surface area contributed by atoms with E-state index < -0.39 is 0 Å². The number of phenols is 1. The van der Waals surface area contributed by atoms with E-state index in [-0.39, 0.29) is 18.3 Å². The molecule has 2 nitrogen and oxygen atoms in total. The lowest BCUT2D eigenvalue weighted by molar-refractivity contribution is 0.275. The van der Waals surface area contributed by atoms with Gasteiger partial charge in [-0.15, -0.1) is 0 Å². The van der Waals surface area contributed by atoms with Gasteiger partial charge >= 0.3 is 0 Å². The van der Waals surface area contributed by atoms with Crippen LogP contribution in [0.4, 0.5) is 0 Å². The van der Waals surface area contributed by atoms with Gasteiger partial charge in [0.1, 0.15) is 5.75 Å². The molecule has 0 saturated carbocycles. The average molecular weight is 242 g/mol. The highest BCUT2D eigenvalue weighted by molar-refractivity contribution is 5.45. The Morgan fingerprint density at radius 1 is 1.00 bits per heavy atom. The van der Waals surface area contributed by atoms with E-state index in [4.69, 9.17) is 0 Å². The molecule has 0 radical (unpaired) electrons. The summed E-state index contributed by atoms with van der Waals surface area (Å²) in [6.45, 7) is 1.97. The van der Waals surface area contributed by atoms with E-state index in [0.717, 1.165) is 12.0 Å². The van der Waals surface area contributed by atoms with Crippen molar-refractivity contribution in [3.05, 3.63) is 65.2 Å². The van der Waals surface area contributed by atoms with E-state index in [9.17, 15) is 10.2 Å². The molecule has 0 saturated heterocycles. The molecule has 2 rings (SSSR count). The SMILES string of the molecule is CC[C@H](c1ccccc1)c1cccc(CO)c1O. The Morgan fingerprint density at radius 3 is 2.33 bits per heavy atom. The van der Waals surface area contributed by atoms with Gasteiger partial charge in [-0.05, 0) is 12.0 Å². The van der Waals surface area contributed by atoms with Crippen molar-refractivity contribution in [1.82, 2.24) is 0 Å². The van der Waals surface area contributed by atoms with Crippen LogP contribution in [-0.4, -0.2) is 10.2 Å². The van der Waals surface area contributed by atoms with Crippen LogP contribution < -0.4 is 0 Å². The summed E-state index contributed by atoms with van der Waals surface area (Å²) in [5.41, 5.74) is 2.66. The molecule has 0 spiro atoms. The quantitative estimate of drug-likeness (QED) is 0.862. The summed E-state index contributed by atoms with van der Waals surface area (Å²) in [7, 11) is 0. The van der Waals surface area contributed by atoms with Gasteiger partial charge in [0.15, 0.2) is 0 Å². The monoisotopic (exact) mass is 242 g/mol. The normalized spacial score (nSPS) is 12.3. The van der Waals surface area contributed by atoms with E-state index in [1.165, 1.54) is 5.56 Å². The van der Waals surface area contributed by atoms with Gasteiger partial charge in [0.2, 0.25) is 0 Å². The molecule has 2 aromatic rings. The van der Waals surface area contributed by atoms with Crippen LogP contribution in [0.15, 0.2) is 48.5 Å². The standard InChI is InChI=1S/C16H18O2/c1-2-14(12-7-4-3-5-8-12)15-10-6-9-13(11-17)16(15)18/h3-10,14,17-18H,2,11H2,1H3/t14-/m1/s1. The number of aromatic hydroxyl groups is 1. The van der Waals surface area contributed by atoms with Gasteiger partial charge in [-0.1, -0.05) is 55.5 Å². The molecule has 2 aromatic carbocycles. The third-order valence-corrected chi connectivity index (χ3v) is 3.31. The average Bonchev–Trinajstić information content (AvgIpc) is 2.43. The van der Waals surface area contributed by atoms with Crippen LogP contribution in [0, 0.1) is 0 Å². The molecular formula is C16H18O2. The summed E-state index contributed by atoms with van der Waals surface area (Å²) in [5.74, 6) is 0.383. The maximum Gasteiger partial charge on any atom is 0.124 e. The van der Waals surface area contributed by atoms with Crippen molar-refractivity contribution in [1.29, 1.82) is 0 Å². The lowest BCUT2D eigenvalue weighted by Gasteiger charge is -2.18. The Bertz CT molecular complexity index is 506. The first kappa shape index (κ1) is 12.7. The molecular weight excluding hydrogens is 224 g/mol. The molecule has 0 aliphatic carbocycles. The molecule has 0 amide bonds. The summed E-state index contributed by atoms with van der Waals surface area (Å²) in [4.78, 5) is 0. The second kappa shape index (κ2) is 5.69. The van der Waals surface area contributed by atoms with Crippen molar-refractivity contribution in [2.24, 2.45) is 0 Å². The maximum atomic E-state index is 10.2. The minimum Gasteiger partial charge on any atom is -0.507 e. The molecule has 18 heavy (non-hydrogen) atoms.